The lowest BCUT2D eigenvalue weighted by molar-refractivity contribution is 0.250. The minimum Gasteiger partial charge on any atom is -0.494 e. The van der Waals surface area contributed by atoms with Crippen LogP contribution in [0.15, 0.2) is 42.5 Å². The van der Waals surface area contributed by atoms with E-state index < -0.39 is 0 Å². The molecule has 0 saturated carbocycles. The number of aryl methyl sites for hydroxylation is 1. The van der Waals surface area contributed by atoms with Gasteiger partial charge in [0.05, 0.1) is 18.0 Å². The molecule has 0 bridgehead atoms. The molecule has 140 valence electrons. The van der Waals surface area contributed by atoms with Crippen molar-refractivity contribution in [3.8, 4) is 5.75 Å². The third-order valence-corrected chi connectivity index (χ3v) is 4.05. The monoisotopic (exact) mass is 355 g/mol. The van der Waals surface area contributed by atoms with Gasteiger partial charge >= 0.3 is 6.03 Å². The summed E-state index contributed by atoms with van der Waals surface area (Å²) < 4.78 is 5.72. The zero-order valence-corrected chi connectivity index (χ0v) is 16.1. The van der Waals surface area contributed by atoms with Crippen LogP contribution in [0.25, 0.3) is 0 Å². The normalized spacial score (nSPS) is 11.1. The number of rotatable bonds is 6. The molecule has 0 saturated heterocycles. The van der Waals surface area contributed by atoms with Gasteiger partial charge < -0.3 is 21.1 Å². The van der Waals surface area contributed by atoms with Crippen LogP contribution in [-0.2, 0) is 5.41 Å². The van der Waals surface area contributed by atoms with Crippen LogP contribution in [0.5, 0.6) is 5.75 Å². The molecule has 4 N–H and O–H groups in total. The molecular formula is C21H29N3O2. The van der Waals surface area contributed by atoms with E-state index in [2.05, 4.69) is 43.5 Å². The van der Waals surface area contributed by atoms with Gasteiger partial charge in [-0.05, 0) is 54.2 Å². The second-order valence-electron chi connectivity index (χ2n) is 7.45. The van der Waals surface area contributed by atoms with E-state index in [1.807, 2.05) is 31.2 Å². The maximum absolute atomic E-state index is 11.9. The Labute approximate surface area is 155 Å². The van der Waals surface area contributed by atoms with Gasteiger partial charge in [0.1, 0.15) is 5.75 Å². The summed E-state index contributed by atoms with van der Waals surface area (Å²) in [6.45, 7) is 9.57. The number of amides is 2. The van der Waals surface area contributed by atoms with Gasteiger partial charge in [-0.1, -0.05) is 39.0 Å². The molecule has 0 radical (unpaired) electrons. The van der Waals surface area contributed by atoms with Crippen molar-refractivity contribution < 1.29 is 9.53 Å². The average molecular weight is 355 g/mol. The molecule has 26 heavy (non-hydrogen) atoms. The molecular weight excluding hydrogens is 326 g/mol. The minimum absolute atomic E-state index is 0.135. The van der Waals surface area contributed by atoms with Crippen molar-refractivity contribution in [3.05, 3.63) is 53.6 Å². The first kappa shape index (κ1) is 19.6. The summed E-state index contributed by atoms with van der Waals surface area (Å²) in [5, 5.41) is 5.57. The highest BCUT2D eigenvalue weighted by Crippen LogP contribution is 2.24. The van der Waals surface area contributed by atoms with E-state index >= 15 is 0 Å². The summed E-state index contributed by atoms with van der Waals surface area (Å²) in [4.78, 5) is 11.9. The van der Waals surface area contributed by atoms with Gasteiger partial charge in [0, 0.05) is 6.54 Å². The molecule has 0 heterocycles. The number of benzene rings is 2. The first-order chi connectivity index (χ1) is 12.3. The SMILES string of the molecule is Cc1ccc(N)c(NC(=O)NCCCOc2ccc(C(C)(C)C)cc2)c1. The molecule has 5 heteroatoms. The van der Waals surface area contributed by atoms with Gasteiger partial charge in [-0.25, -0.2) is 4.79 Å². The summed E-state index contributed by atoms with van der Waals surface area (Å²) in [5.74, 6) is 0.843. The van der Waals surface area contributed by atoms with E-state index in [0.717, 1.165) is 17.7 Å². The Morgan fingerprint density at radius 2 is 1.81 bits per heavy atom. The number of carbonyl (C=O) groups excluding carboxylic acids is 1. The zero-order valence-electron chi connectivity index (χ0n) is 16.1. The van der Waals surface area contributed by atoms with Gasteiger partial charge in [0.15, 0.2) is 0 Å². The molecule has 0 aliphatic heterocycles. The van der Waals surface area contributed by atoms with Gasteiger partial charge in [-0.2, -0.15) is 0 Å². The van der Waals surface area contributed by atoms with Gasteiger partial charge in [0.2, 0.25) is 0 Å². The van der Waals surface area contributed by atoms with Crippen LogP contribution in [0, 0.1) is 6.92 Å². The quantitative estimate of drug-likeness (QED) is 0.529. The lowest BCUT2D eigenvalue weighted by Gasteiger charge is -2.19. The Morgan fingerprint density at radius 3 is 2.46 bits per heavy atom. The molecule has 0 spiro atoms. The molecule has 2 rings (SSSR count). The van der Waals surface area contributed by atoms with Crippen LogP contribution in [0.1, 0.15) is 38.3 Å². The van der Waals surface area contributed by atoms with E-state index in [4.69, 9.17) is 10.5 Å². The molecule has 0 aliphatic carbocycles. The number of hydrogen-bond donors (Lipinski definition) is 3. The fraction of sp³-hybridized carbons (Fsp3) is 0.381. The Bertz CT molecular complexity index is 734. The highest BCUT2D eigenvalue weighted by Gasteiger charge is 2.12. The van der Waals surface area contributed by atoms with Crippen molar-refractivity contribution >= 4 is 17.4 Å². The molecule has 0 aromatic heterocycles. The number of nitrogen functional groups attached to an aromatic ring is 1. The molecule has 2 amide bonds. The number of ether oxygens (including phenoxy) is 1. The maximum Gasteiger partial charge on any atom is 0.319 e. The third kappa shape index (κ3) is 5.99. The first-order valence-electron chi connectivity index (χ1n) is 8.90. The number of urea groups is 1. The molecule has 0 atom stereocenters. The molecule has 2 aromatic rings. The average Bonchev–Trinajstić information content (AvgIpc) is 2.57. The van der Waals surface area contributed by atoms with Crippen LogP contribution < -0.4 is 21.1 Å². The molecule has 2 aromatic carbocycles. The van der Waals surface area contributed by atoms with E-state index in [9.17, 15) is 4.79 Å². The van der Waals surface area contributed by atoms with Crippen molar-refractivity contribution in [1.82, 2.24) is 5.32 Å². The van der Waals surface area contributed by atoms with Crippen LogP contribution >= 0.6 is 0 Å². The second-order valence-corrected chi connectivity index (χ2v) is 7.45. The standard InChI is InChI=1S/C21H29N3O2/c1-15-6-11-18(22)19(14-15)24-20(25)23-12-5-13-26-17-9-7-16(8-10-17)21(2,3)4/h6-11,14H,5,12-13,22H2,1-4H3,(H2,23,24,25). The van der Waals surface area contributed by atoms with Crippen LogP contribution in [-0.4, -0.2) is 19.2 Å². The first-order valence-corrected chi connectivity index (χ1v) is 8.90. The van der Waals surface area contributed by atoms with Crippen LogP contribution in [0.3, 0.4) is 0 Å². The van der Waals surface area contributed by atoms with Gasteiger partial charge in [0.25, 0.3) is 0 Å². The topological polar surface area (TPSA) is 76.4 Å². The predicted octanol–water partition coefficient (Wildman–Crippen LogP) is 4.47. The smallest absolute Gasteiger partial charge is 0.319 e. The third-order valence-electron chi connectivity index (χ3n) is 4.05. The molecule has 0 fully saturated rings. The summed E-state index contributed by atoms with van der Waals surface area (Å²) in [5.41, 5.74) is 9.48. The molecule has 0 aliphatic rings. The van der Waals surface area contributed by atoms with Gasteiger partial charge in [-0.3, -0.25) is 0 Å². The van der Waals surface area contributed by atoms with Crippen molar-refractivity contribution in [2.75, 3.05) is 24.2 Å². The number of carbonyl (C=O) groups is 1. The summed E-state index contributed by atoms with van der Waals surface area (Å²) >= 11 is 0. The van der Waals surface area contributed by atoms with Crippen molar-refractivity contribution in [3.63, 3.8) is 0 Å². The Kier molecular flexibility index (Phi) is 6.50. The van der Waals surface area contributed by atoms with Crippen LogP contribution in [0.4, 0.5) is 16.2 Å². The van der Waals surface area contributed by atoms with E-state index in [0.29, 0.717) is 24.5 Å². The highest BCUT2D eigenvalue weighted by atomic mass is 16.5. The number of hydrogen-bond acceptors (Lipinski definition) is 3. The van der Waals surface area contributed by atoms with Crippen molar-refractivity contribution in [1.29, 1.82) is 0 Å². The maximum atomic E-state index is 11.9. The fourth-order valence-corrected chi connectivity index (χ4v) is 2.46. The Hall–Kier alpha value is -2.69. The molecule has 0 unspecified atom stereocenters. The number of nitrogens with two attached hydrogens (primary N) is 1. The largest absolute Gasteiger partial charge is 0.494 e. The molecule has 5 nitrogen and oxygen atoms in total. The van der Waals surface area contributed by atoms with Crippen molar-refractivity contribution in [2.24, 2.45) is 0 Å². The lowest BCUT2D eigenvalue weighted by Crippen LogP contribution is -2.30. The second kappa shape index (κ2) is 8.61. The summed E-state index contributed by atoms with van der Waals surface area (Å²) in [7, 11) is 0. The van der Waals surface area contributed by atoms with E-state index in [-0.39, 0.29) is 11.4 Å². The highest BCUT2D eigenvalue weighted by molar-refractivity contribution is 5.92. The minimum atomic E-state index is -0.267. The summed E-state index contributed by atoms with van der Waals surface area (Å²) in [6, 6.07) is 13.4. The van der Waals surface area contributed by atoms with Crippen LogP contribution in [0.2, 0.25) is 0 Å². The fourth-order valence-electron chi connectivity index (χ4n) is 2.46. The van der Waals surface area contributed by atoms with E-state index in [1.165, 1.54) is 5.56 Å². The van der Waals surface area contributed by atoms with Gasteiger partial charge in [-0.15, -0.1) is 0 Å². The Balaban J connectivity index is 1.68. The van der Waals surface area contributed by atoms with Crippen molar-refractivity contribution in [2.45, 2.75) is 39.5 Å². The lowest BCUT2D eigenvalue weighted by atomic mass is 9.87. The summed E-state index contributed by atoms with van der Waals surface area (Å²) in [6.07, 6.45) is 0.720. The number of nitrogens with one attached hydrogen (secondary N) is 2. The number of anilines is 2. The Morgan fingerprint density at radius 1 is 1.12 bits per heavy atom. The van der Waals surface area contributed by atoms with E-state index in [1.54, 1.807) is 6.07 Å². The zero-order chi connectivity index (χ0) is 19.2. The predicted molar refractivity (Wildman–Crippen MR) is 108 cm³/mol.